The van der Waals surface area contributed by atoms with Crippen molar-refractivity contribution in [3.8, 4) is 11.6 Å². The molecule has 0 bridgehead atoms. The van der Waals surface area contributed by atoms with Crippen LogP contribution in [0.25, 0.3) is 0 Å². The van der Waals surface area contributed by atoms with Crippen LogP contribution < -0.4 is 4.74 Å². The molecule has 1 saturated heterocycles. The Hall–Kier alpha value is -2.93. The van der Waals surface area contributed by atoms with Gasteiger partial charge in [-0.15, -0.1) is 0 Å². The van der Waals surface area contributed by atoms with Crippen molar-refractivity contribution in [3.05, 3.63) is 64.8 Å². The molecule has 1 fully saturated rings. The molecule has 138 valence electrons. The number of amides is 1. The molecule has 0 saturated carbocycles. The zero-order valence-electron chi connectivity index (χ0n) is 14.7. The van der Waals surface area contributed by atoms with Gasteiger partial charge in [-0.2, -0.15) is 5.10 Å². The highest BCUT2D eigenvalue weighted by Crippen LogP contribution is 2.33. The second kappa shape index (κ2) is 7.36. The molecule has 1 aromatic carbocycles. The van der Waals surface area contributed by atoms with Crippen molar-refractivity contribution in [2.45, 2.75) is 25.8 Å². The number of carbonyl (C=O) groups excluding carboxylic acids is 1. The Bertz CT molecular complexity index is 957. The third-order valence-corrected chi connectivity index (χ3v) is 4.83. The first-order chi connectivity index (χ1) is 13.1. The average Bonchev–Trinajstić information content (AvgIpc) is 3.32. The summed E-state index contributed by atoms with van der Waals surface area (Å²) in [6, 6.07) is 6.90. The lowest BCUT2D eigenvalue weighted by molar-refractivity contribution is 0.0731. The summed E-state index contributed by atoms with van der Waals surface area (Å²) in [7, 11) is 0. The summed E-state index contributed by atoms with van der Waals surface area (Å²) in [5.74, 6) is 0.961. The summed E-state index contributed by atoms with van der Waals surface area (Å²) in [5.41, 5.74) is 2.06. The minimum absolute atomic E-state index is 0.0467. The normalized spacial score (nSPS) is 16.5. The summed E-state index contributed by atoms with van der Waals surface area (Å²) >= 11 is 5.90. The Balaban J connectivity index is 1.56. The monoisotopic (exact) mass is 383 g/mol. The van der Waals surface area contributed by atoms with Crippen molar-refractivity contribution in [2.24, 2.45) is 0 Å². The number of aromatic amines is 1. The molecule has 8 heteroatoms. The third kappa shape index (κ3) is 3.64. The van der Waals surface area contributed by atoms with Crippen LogP contribution in [-0.2, 0) is 0 Å². The molecule has 1 atom stereocenters. The van der Waals surface area contributed by atoms with Gasteiger partial charge < -0.3 is 9.64 Å². The van der Waals surface area contributed by atoms with Gasteiger partial charge in [0.25, 0.3) is 5.91 Å². The predicted octanol–water partition coefficient (Wildman–Crippen LogP) is 3.93. The molecule has 1 N–H and O–H groups in total. The number of hydrogen-bond acceptors (Lipinski definition) is 5. The van der Waals surface area contributed by atoms with Crippen molar-refractivity contribution in [3.63, 3.8) is 0 Å². The molecule has 0 aliphatic carbocycles. The van der Waals surface area contributed by atoms with Crippen molar-refractivity contribution in [1.82, 2.24) is 25.1 Å². The fraction of sp³-hybridized carbons (Fsp3) is 0.263. The van der Waals surface area contributed by atoms with Gasteiger partial charge in [0.2, 0.25) is 5.88 Å². The number of rotatable bonds is 4. The largest absolute Gasteiger partial charge is 0.437 e. The fourth-order valence-electron chi connectivity index (χ4n) is 3.23. The van der Waals surface area contributed by atoms with Gasteiger partial charge in [0, 0.05) is 17.3 Å². The van der Waals surface area contributed by atoms with E-state index in [1.165, 1.54) is 0 Å². The lowest BCUT2D eigenvalue weighted by atomic mass is 10.1. The molecule has 3 heterocycles. The Morgan fingerprint density at radius 3 is 2.81 bits per heavy atom. The number of aromatic nitrogens is 4. The molecular formula is C19H18ClN5O2. The highest BCUT2D eigenvalue weighted by Gasteiger charge is 2.33. The standard InChI is InChI=1S/C19H18ClN5O2/c1-12-15(9-22-24-12)19(26)25-8-2-3-17(25)16-10-21-11-18(23-16)27-14-6-4-13(20)5-7-14/h4-7,9-11,17H,2-3,8H2,1H3,(H,22,24). The number of benzene rings is 1. The van der Waals surface area contributed by atoms with Crippen LogP contribution in [0, 0.1) is 6.92 Å². The van der Waals surface area contributed by atoms with Crippen LogP contribution in [0.2, 0.25) is 5.02 Å². The number of ether oxygens (including phenoxy) is 1. The first kappa shape index (κ1) is 17.5. The Kier molecular flexibility index (Phi) is 4.77. The van der Waals surface area contributed by atoms with Crippen LogP contribution in [0.1, 0.15) is 40.6 Å². The fourth-order valence-corrected chi connectivity index (χ4v) is 3.36. The Morgan fingerprint density at radius 1 is 1.26 bits per heavy atom. The second-order valence-corrected chi connectivity index (χ2v) is 6.84. The van der Waals surface area contributed by atoms with E-state index in [2.05, 4.69) is 20.2 Å². The molecule has 27 heavy (non-hydrogen) atoms. The first-order valence-electron chi connectivity index (χ1n) is 8.68. The zero-order valence-corrected chi connectivity index (χ0v) is 15.5. The van der Waals surface area contributed by atoms with Gasteiger partial charge in [-0.05, 0) is 44.0 Å². The summed E-state index contributed by atoms with van der Waals surface area (Å²) in [4.78, 5) is 23.5. The number of nitrogens with zero attached hydrogens (tertiary/aromatic N) is 4. The molecule has 7 nitrogen and oxygen atoms in total. The molecule has 1 aliphatic rings. The van der Waals surface area contributed by atoms with E-state index in [9.17, 15) is 4.79 Å². The quantitative estimate of drug-likeness (QED) is 0.737. The van der Waals surface area contributed by atoms with E-state index in [1.807, 2.05) is 11.8 Å². The van der Waals surface area contributed by atoms with Gasteiger partial charge in [-0.25, -0.2) is 4.98 Å². The Morgan fingerprint density at radius 2 is 2.07 bits per heavy atom. The number of carbonyl (C=O) groups is 1. The smallest absolute Gasteiger partial charge is 0.257 e. The van der Waals surface area contributed by atoms with Gasteiger partial charge in [0.15, 0.2) is 0 Å². The van der Waals surface area contributed by atoms with Gasteiger partial charge in [0.05, 0.1) is 35.9 Å². The number of hydrogen-bond donors (Lipinski definition) is 1. The van der Waals surface area contributed by atoms with Crippen LogP contribution in [0.15, 0.2) is 42.9 Å². The number of nitrogens with one attached hydrogen (secondary N) is 1. The van der Waals surface area contributed by atoms with E-state index in [-0.39, 0.29) is 11.9 Å². The first-order valence-corrected chi connectivity index (χ1v) is 9.06. The number of halogens is 1. The maximum atomic E-state index is 12.9. The minimum atomic E-state index is -0.131. The summed E-state index contributed by atoms with van der Waals surface area (Å²) in [6.45, 7) is 2.52. The third-order valence-electron chi connectivity index (χ3n) is 4.58. The van der Waals surface area contributed by atoms with Crippen molar-refractivity contribution >= 4 is 17.5 Å². The molecule has 1 aliphatic heterocycles. The summed E-state index contributed by atoms with van der Waals surface area (Å²) in [6.07, 6.45) is 6.56. The van der Waals surface area contributed by atoms with E-state index in [0.717, 1.165) is 18.5 Å². The topological polar surface area (TPSA) is 84.0 Å². The number of likely N-dealkylation sites (tertiary alicyclic amines) is 1. The molecule has 0 radical (unpaired) electrons. The molecular weight excluding hydrogens is 366 g/mol. The van der Waals surface area contributed by atoms with E-state index in [1.54, 1.807) is 42.9 Å². The maximum absolute atomic E-state index is 12.9. The van der Waals surface area contributed by atoms with Crippen LogP contribution in [0.4, 0.5) is 0 Å². The van der Waals surface area contributed by atoms with Gasteiger partial charge in [-0.1, -0.05) is 11.6 Å². The average molecular weight is 384 g/mol. The molecule has 2 aromatic heterocycles. The number of H-pyrrole nitrogens is 1. The second-order valence-electron chi connectivity index (χ2n) is 6.40. The lowest BCUT2D eigenvalue weighted by Crippen LogP contribution is -2.31. The summed E-state index contributed by atoms with van der Waals surface area (Å²) < 4.78 is 5.77. The van der Waals surface area contributed by atoms with Crippen molar-refractivity contribution in [2.75, 3.05) is 6.54 Å². The highest BCUT2D eigenvalue weighted by molar-refractivity contribution is 6.30. The van der Waals surface area contributed by atoms with Gasteiger partial charge in [0.1, 0.15) is 5.75 Å². The lowest BCUT2D eigenvalue weighted by Gasteiger charge is -2.24. The van der Waals surface area contributed by atoms with E-state index in [0.29, 0.717) is 34.5 Å². The molecule has 1 unspecified atom stereocenters. The molecule has 3 aromatic rings. The highest BCUT2D eigenvalue weighted by atomic mass is 35.5. The maximum Gasteiger partial charge on any atom is 0.257 e. The SMILES string of the molecule is Cc1[nH]ncc1C(=O)N1CCCC1c1cncc(Oc2ccc(Cl)cc2)n1. The van der Waals surface area contributed by atoms with Crippen molar-refractivity contribution < 1.29 is 9.53 Å². The van der Waals surface area contributed by atoms with E-state index < -0.39 is 0 Å². The molecule has 0 spiro atoms. The van der Waals surface area contributed by atoms with E-state index in [4.69, 9.17) is 16.3 Å². The predicted molar refractivity (Wildman–Crippen MR) is 99.9 cm³/mol. The van der Waals surface area contributed by atoms with Crippen LogP contribution in [0.3, 0.4) is 0 Å². The summed E-state index contributed by atoms with van der Waals surface area (Å²) in [5, 5.41) is 7.40. The molecule has 4 rings (SSSR count). The minimum Gasteiger partial charge on any atom is -0.437 e. The molecule has 1 amide bonds. The van der Waals surface area contributed by atoms with E-state index >= 15 is 0 Å². The van der Waals surface area contributed by atoms with Gasteiger partial charge >= 0.3 is 0 Å². The Labute approximate surface area is 161 Å². The number of aryl methyl sites for hydroxylation is 1. The van der Waals surface area contributed by atoms with Crippen molar-refractivity contribution in [1.29, 1.82) is 0 Å². The van der Waals surface area contributed by atoms with Gasteiger partial charge in [-0.3, -0.25) is 14.9 Å². The zero-order chi connectivity index (χ0) is 18.8. The van der Waals surface area contributed by atoms with Crippen LogP contribution in [-0.4, -0.2) is 37.5 Å². The van der Waals surface area contributed by atoms with Crippen LogP contribution in [0.5, 0.6) is 11.6 Å². The van der Waals surface area contributed by atoms with Crippen LogP contribution >= 0.6 is 11.6 Å².